The minimum atomic E-state index is -0.772. The van der Waals surface area contributed by atoms with Crippen molar-refractivity contribution < 1.29 is 23.8 Å². The highest BCUT2D eigenvalue weighted by molar-refractivity contribution is 6.46. The Kier molecular flexibility index (Phi) is 5.84. The van der Waals surface area contributed by atoms with Crippen LogP contribution in [-0.4, -0.2) is 46.9 Å². The number of methoxy groups -OCH3 is 1. The highest BCUT2D eigenvalue weighted by Crippen LogP contribution is 2.39. The van der Waals surface area contributed by atoms with E-state index in [1.165, 1.54) is 23.1 Å². The first-order chi connectivity index (χ1) is 13.5. The number of hydrogen-bond donors (Lipinski definition) is 1. The number of aryl methyl sites for hydroxylation is 1. The van der Waals surface area contributed by atoms with E-state index in [1.54, 1.807) is 38.6 Å². The van der Waals surface area contributed by atoms with E-state index in [1.807, 2.05) is 0 Å². The largest absolute Gasteiger partial charge is 0.507 e. The predicted molar refractivity (Wildman–Crippen MR) is 101 cm³/mol. The summed E-state index contributed by atoms with van der Waals surface area (Å²) in [5.41, 5.74) is 1.19. The number of carbonyl (C=O) groups excluding carboxylic acids is 2. The van der Waals surface area contributed by atoms with Gasteiger partial charge >= 0.3 is 0 Å². The molecule has 1 amide bonds. The van der Waals surface area contributed by atoms with Crippen molar-refractivity contribution in [3.05, 3.63) is 70.8 Å². The summed E-state index contributed by atoms with van der Waals surface area (Å²) in [5.74, 6) is -2.21. The molecule has 1 unspecified atom stereocenters. The number of hydrogen-bond acceptors (Lipinski definition) is 5. The molecule has 1 saturated heterocycles. The summed E-state index contributed by atoms with van der Waals surface area (Å²) in [4.78, 5) is 30.9. The van der Waals surface area contributed by atoms with Crippen molar-refractivity contribution in [1.29, 1.82) is 0 Å². The monoisotopic (exact) mass is 384 g/mol. The summed E-state index contributed by atoms with van der Waals surface area (Å²) in [6, 6.07) is 6.73. The van der Waals surface area contributed by atoms with Gasteiger partial charge in [0.2, 0.25) is 0 Å². The molecule has 3 rings (SSSR count). The third-order valence-electron chi connectivity index (χ3n) is 4.72. The van der Waals surface area contributed by atoms with Gasteiger partial charge in [0.1, 0.15) is 11.6 Å². The second-order valence-electron chi connectivity index (χ2n) is 6.59. The number of likely N-dealkylation sites (tertiary alicyclic amines) is 1. The lowest BCUT2D eigenvalue weighted by Crippen LogP contribution is -2.31. The Morgan fingerprint density at radius 2 is 2.11 bits per heavy atom. The molecule has 1 N–H and O–H groups in total. The number of nitrogens with zero attached hydrogens (tertiary/aromatic N) is 2. The van der Waals surface area contributed by atoms with Crippen LogP contribution in [0, 0.1) is 12.7 Å². The molecule has 0 radical (unpaired) electrons. The Labute approximate surface area is 162 Å². The van der Waals surface area contributed by atoms with Gasteiger partial charge in [0.15, 0.2) is 0 Å². The topological polar surface area (TPSA) is 79.7 Å². The van der Waals surface area contributed by atoms with Gasteiger partial charge in [-0.3, -0.25) is 14.6 Å². The smallest absolute Gasteiger partial charge is 0.295 e. The van der Waals surface area contributed by atoms with Crippen LogP contribution < -0.4 is 0 Å². The number of ether oxygens (including phenoxy) is 1. The summed E-state index contributed by atoms with van der Waals surface area (Å²) < 4.78 is 18.6. The average Bonchev–Trinajstić information content (AvgIpc) is 2.95. The molecule has 2 heterocycles. The summed E-state index contributed by atoms with van der Waals surface area (Å²) in [5, 5.41) is 10.9. The minimum Gasteiger partial charge on any atom is -0.507 e. The number of benzene rings is 1. The zero-order chi connectivity index (χ0) is 20.3. The fraction of sp³-hybridized carbons (Fsp3) is 0.286. The van der Waals surface area contributed by atoms with Crippen molar-refractivity contribution in [2.24, 2.45) is 0 Å². The van der Waals surface area contributed by atoms with Gasteiger partial charge < -0.3 is 14.7 Å². The molecular formula is C21H21FN2O4. The Morgan fingerprint density at radius 3 is 2.75 bits per heavy atom. The SMILES string of the molecule is COCCCN1C(=O)C(=O)/C(=C(\O)c2ccc(F)c(C)c2)C1c1cccnc1. The van der Waals surface area contributed by atoms with Gasteiger partial charge in [-0.25, -0.2) is 4.39 Å². The molecule has 6 nitrogen and oxygen atoms in total. The van der Waals surface area contributed by atoms with Gasteiger partial charge in [0.25, 0.3) is 11.7 Å². The second kappa shape index (κ2) is 8.31. The van der Waals surface area contributed by atoms with E-state index in [9.17, 15) is 19.1 Å². The first-order valence-electron chi connectivity index (χ1n) is 8.89. The summed E-state index contributed by atoms with van der Waals surface area (Å²) in [7, 11) is 1.56. The molecule has 1 aromatic heterocycles. The highest BCUT2D eigenvalue weighted by atomic mass is 19.1. The lowest BCUT2D eigenvalue weighted by molar-refractivity contribution is -0.140. The average molecular weight is 384 g/mol. The maximum Gasteiger partial charge on any atom is 0.295 e. The fourth-order valence-electron chi connectivity index (χ4n) is 3.32. The molecule has 0 spiro atoms. The normalized spacial score (nSPS) is 18.7. The standard InChI is InChI=1S/C21H21FN2O4/c1-13-11-14(6-7-16(13)22)19(25)17-18(15-5-3-8-23-12-15)24(9-4-10-28-2)21(27)20(17)26/h3,5-8,11-12,18,25H,4,9-10H2,1-2H3/b19-17-. The molecule has 1 aliphatic heterocycles. The van der Waals surface area contributed by atoms with Gasteiger partial charge in [-0.15, -0.1) is 0 Å². The Hall–Kier alpha value is -3.06. The predicted octanol–water partition coefficient (Wildman–Crippen LogP) is 2.99. The van der Waals surface area contributed by atoms with E-state index in [0.717, 1.165) is 0 Å². The molecule has 0 aliphatic carbocycles. The molecular weight excluding hydrogens is 363 g/mol. The number of aliphatic hydroxyl groups excluding tert-OH is 1. The lowest BCUT2D eigenvalue weighted by Gasteiger charge is -2.25. The molecule has 0 bridgehead atoms. The quantitative estimate of drug-likeness (QED) is 0.358. The third-order valence-corrected chi connectivity index (χ3v) is 4.72. The van der Waals surface area contributed by atoms with E-state index < -0.39 is 23.5 Å². The summed E-state index contributed by atoms with van der Waals surface area (Å²) in [6.45, 7) is 2.28. The van der Waals surface area contributed by atoms with Gasteiger partial charge in [-0.2, -0.15) is 0 Å². The van der Waals surface area contributed by atoms with Gasteiger partial charge in [0.05, 0.1) is 11.6 Å². The van der Waals surface area contributed by atoms with Crippen LogP contribution in [0.2, 0.25) is 0 Å². The maximum atomic E-state index is 13.6. The van der Waals surface area contributed by atoms with Crippen LogP contribution in [0.3, 0.4) is 0 Å². The van der Waals surface area contributed by atoms with Crippen LogP contribution in [0.4, 0.5) is 4.39 Å². The molecule has 28 heavy (non-hydrogen) atoms. The van der Waals surface area contributed by atoms with Gasteiger partial charge in [0, 0.05) is 38.2 Å². The molecule has 2 aromatic rings. The lowest BCUT2D eigenvalue weighted by atomic mass is 9.95. The van der Waals surface area contributed by atoms with Crippen LogP contribution in [0.25, 0.3) is 5.76 Å². The number of Topliss-reactive ketones (excluding diaryl/α,β-unsaturated/α-hetero) is 1. The summed E-state index contributed by atoms with van der Waals surface area (Å²) in [6.07, 6.45) is 3.68. The second-order valence-corrected chi connectivity index (χ2v) is 6.59. The number of carbonyl (C=O) groups is 2. The van der Waals surface area contributed by atoms with Crippen molar-refractivity contribution in [3.63, 3.8) is 0 Å². The van der Waals surface area contributed by atoms with E-state index in [-0.39, 0.29) is 23.4 Å². The molecule has 1 fully saturated rings. The number of halogens is 1. The zero-order valence-corrected chi connectivity index (χ0v) is 15.7. The maximum absolute atomic E-state index is 13.6. The molecule has 1 aliphatic rings. The van der Waals surface area contributed by atoms with Crippen LogP contribution in [0.5, 0.6) is 0 Å². The van der Waals surface area contributed by atoms with Crippen LogP contribution >= 0.6 is 0 Å². The summed E-state index contributed by atoms with van der Waals surface area (Å²) >= 11 is 0. The van der Waals surface area contributed by atoms with Crippen LogP contribution in [-0.2, 0) is 14.3 Å². The number of pyridine rings is 1. The number of amides is 1. The molecule has 1 atom stereocenters. The first-order valence-corrected chi connectivity index (χ1v) is 8.89. The Balaban J connectivity index is 2.12. The number of aliphatic hydroxyl groups is 1. The molecule has 146 valence electrons. The van der Waals surface area contributed by atoms with E-state index in [2.05, 4.69) is 4.98 Å². The molecule has 1 aromatic carbocycles. The van der Waals surface area contributed by atoms with Crippen molar-refractivity contribution in [1.82, 2.24) is 9.88 Å². The van der Waals surface area contributed by atoms with Crippen molar-refractivity contribution in [2.45, 2.75) is 19.4 Å². The third kappa shape index (κ3) is 3.66. The van der Waals surface area contributed by atoms with E-state index in [0.29, 0.717) is 24.2 Å². The van der Waals surface area contributed by atoms with Crippen molar-refractivity contribution in [3.8, 4) is 0 Å². The van der Waals surface area contributed by atoms with Gasteiger partial charge in [-0.1, -0.05) is 6.07 Å². The van der Waals surface area contributed by atoms with Crippen molar-refractivity contribution in [2.75, 3.05) is 20.3 Å². The number of ketones is 1. The number of aromatic nitrogens is 1. The minimum absolute atomic E-state index is 0.0265. The van der Waals surface area contributed by atoms with Crippen LogP contribution in [0.1, 0.15) is 29.2 Å². The first kappa shape index (κ1) is 19.7. The van der Waals surface area contributed by atoms with E-state index >= 15 is 0 Å². The van der Waals surface area contributed by atoms with E-state index in [4.69, 9.17) is 4.74 Å². The fourth-order valence-corrected chi connectivity index (χ4v) is 3.32. The van der Waals surface area contributed by atoms with Gasteiger partial charge in [-0.05, 0) is 48.7 Å². The molecule has 0 saturated carbocycles. The Morgan fingerprint density at radius 1 is 1.32 bits per heavy atom. The number of rotatable bonds is 6. The molecule has 7 heteroatoms. The van der Waals surface area contributed by atoms with Crippen molar-refractivity contribution >= 4 is 17.4 Å². The van der Waals surface area contributed by atoms with Crippen LogP contribution in [0.15, 0.2) is 48.3 Å². The Bertz CT molecular complexity index is 927. The zero-order valence-electron chi connectivity index (χ0n) is 15.7. The highest BCUT2D eigenvalue weighted by Gasteiger charge is 2.45.